The predicted octanol–water partition coefficient (Wildman–Crippen LogP) is 2.24. The molecule has 0 bridgehead atoms. The molecular weight excluding hydrogens is 397 g/mol. The van der Waals surface area contributed by atoms with E-state index in [2.05, 4.69) is 0 Å². The lowest BCUT2D eigenvalue weighted by Crippen LogP contribution is -2.60. The van der Waals surface area contributed by atoms with Gasteiger partial charge in [-0.15, -0.1) is 0 Å². The van der Waals surface area contributed by atoms with Crippen molar-refractivity contribution in [2.45, 2.75) is 48.8 Å². The zero-order valence-electron chi connectivity index (χ0n) is 12.9. The average Bonchev–Trinajstić information content (AvgIpc) is 2.52. The highest BCUT2D eigenvalue weighted by Crippen LogP contribution is 2.46. The molecule has 0 amide bonds. The zero-order chi connectivity index (χ0) is 19.3. The number of fused-ring (bicyclic) bond motifs is 1. The van der Waals surface area contributed by atoms with Gasteiger partial charge in [-0.2, -0.15) is 30.3 Å². The first kappa shape index (κ1) is 20.8. The van der Waals surface area contributed by atoms with Crippen molar-refractivity contribution >= 4 is 20.1 Å². The van der Waals surface area contributed by atoms with E-state index in [0.29, 0.717) is 6.42 Å². The Morgan fingerprint density at radius 3 is 2.00 bits per heavy atom. The summed E-state index contributed by atoms with van der Waals surface area (Å²) in [7, 11) is -12.3. The maximum Gasteiger partial charge on any atom is 0.425 e. The quantitative estimate of drug-likeness (QED) is 0.549. The third-order valence-electron chi connectivity index (χ3n) is 4.85. The fraction of sp³-hybridized carbons (Fsp3) is 1.00. The van der Waals surface area contributed by atoms with E-state index in [4.69, 9.17) is 4.55 Å². The molecule has 2 rings (SSSR count). The lowest BCUT2D eigenvalue weighted by molar-refractivity contribution is -0.179. The van der Waals surface area contributed by atoms with Crippen molar-refractivity contribution in [1.29, 1.82) is 0 Å². The Labute approximate surface area is 142 Å². The molecule has 1 saturated heterocycles. The zero-order valence-corrected chi connectivity index (χ0v) is 14.5. The number of halogens is 5. The molecule has 1 aliphatic carbocycles. The normalized spacial score (nSPS) is 28.4. The van der Waals surface area contributed by atoms with Gasteiger partial charge in [0.2, 0.25) is 0 Å². The first-order valence-electron chi connectivity index (χ1n) is 7.58. The molecule has 0 aromatic carbocycles. The number of piperidine rings is 1. The minimum absolute atomic E-state index is 0.112. The Morgan fingerprint density at radius 1 is 0.960 bits per heavy atom. The Hall–Kier alpha value is -0.530. The molecule has 25 heavy (non-hydrogen) atoms. The minimum Gasteiger partial charge on any atom is -0.283 e. The van der Waals surface area contributed by atoms with Crippen LogP contribution in [-0.4, -0.2) is 55.5 Å². The average molecular weight is 415 g/mol. The van der Waals surface area contributed by atoms with Crippen LogP contribution in [0.15, 0.2) is 0 Å². The monoisotopic (exact) mass is 415 g/mol. The van der Waals surface area contributed by atoms with Crippen molar-refractivity contribution in [2.24, 2.45) is 11.8 Å². The summed E-state index contributed by atoms with van der Waals surface area (Å²) in [5, 5.41) is -6.03. The summed E-state index contributed by atoms with van der Waals surface area (Å²) in [4.78, 5) is 0. The van der Waals surface area contributed by atoms with Crippen LogP contribution in [0.5, 0.6) is 0 Å². The van der Waals surface area contributed by atoms with Gasteiger partial charge in [0.1, 0.15) is 0 Å². The fourth-order valence-corrected chi connectivity index (χ4v) is 5.54. The largest absolute Gasteiger partial charge is 0.425 e. The van der Waals surface area contributed by atoms with E-state index in [-0.39, 0.29) is 22.6 Å². The summed E-state index contributed by atoms with van der Waals surface area (Å²) in [6, 6.07) is 0. The van der Waals surface area contributed by atoms with Gasteiger partial charge in [-0.1, -0.05) is 19.3 Å². The van der Waals surface area contributed by atoms with E-state index < -0.39 is 49.9 Å². The second-order valence-corrected chi connectivity index (χ2v) is 9.85. The van der Waals surface area contributed by atoms with Crippen LogP contribution in [-0.2, 0) is 20.1 Å². The molecule has 2 fully saturated rings. The SMILES string of the molecule is O=S(=O)(O)C(F)C(F)(F)C(F)(F)S(=O)(=O)N1CCC2CCCCC2C1. The molecule has 13 heteroatoms. The van der Waals surface area contributed by atoms with Crippen molar-refractivity contribution in [3.05, 3.63) is 0 Å². The van der Waals surface area contributed by atoms with Gasteiger partial charge in [-0.25, -0.2) is 12.8 Å². The van der Waals surface area contributed by atoms with Crippen LogP contribution in [0, 0.1) is 11.8 Å². The highest BCUT2D eigenvalue weighted by molar-refractivity contribution is 7.90. The first-order valence-corrected chi connectivity index (χ1v) is 10.5. The Kier molecular flexibility index (Phi) is 5.46. The van der Waals surface area contributed by atoms with Crippen LogP contribution in [0.1, 0.15) is 32.1 Å². The topological polar surface area (TPSA) is 91.7 Å². The van der Waals surface area contributed by atoms with E-state index in [0.717, 1.165) is 19.3 Å². The molecule has 1 saturated carbocycles. The van der Waals surface area contributed by atoms with Crippen LogP contribution in [0.4, 0.5) is 22.0 Å². The Bertz CT molecular complexity index is 711. The number of nitrogens with zero attached hydrogens (tertiary/aromatic N) is 1. The number of alkyl halides is 5. The predicted molar refractivity (Wildman–Crippen MR) is 76.9 cm³/mol. The van der Waals surface area contributed by atoms with Gasteiger partial charge in [0.05, 0.1) is 0 Å². The summed E-state index contributed by atoms with van der Waals surface area (Å²) in [5.41, 5.74) is -4.77. The Morgan fingerprint density at radius 2 is 1.48 bits per heavy atom. The van der Waals surface area contributed by atoms with E-state index in [1.54, 1.807) is 0 Å². The summed E-state index contributed by atoms with van der Waals surface area (Å²) in [6.45, 7) is -0.834. The highest BCUT2D eigenvalue weighted by atomic mass is 32.2. The van der Waals surface area contributed by atoms with Gasteiger partial charge < -0.3 is 0 Å². The lowest BCUT2D eigenvalue weighted by Gasteiger charge is -2.42. The molecule has 1 heterocycles. The molecular formula is C12H18F5NO5S2. The number of hydrogen-bond donors (Lipinski definition) is 1. The van der Waals surface area contributed by atoms with E-state index in [9.17, 15) is 38.8 Å². The smallest absolute Gasteiger partial charge is 0.283 e. The molecule has 2 aliphatic rings. The summed E-state index contributed by atoms with van der Waals surface area (Å²) >= 11 is 0. The molecule has 1 aliphatic heterocycles. The van der Waals surface area contributed by atoms with Gasteiger partial charge in [0.15, 0.2) is 0 Å². The van der Waals surface area contributed by atoms with Crippen molar-refractivity contribution < 1.29 is 43.3 Å². The maximum absolute atomic E-state index is 14.0. The number of rotatable bonds is 5. The van der Waals surface area contributed by atoms with Crippen LogP contribution < -0.4 is 0 Å². The third kappa shape index (κ3) is 3.52. The third-order valence-corrected chi connectivity index (χ3v) is 7.60. The van der Waals surface area contributed by atoms with Gasteiger partial charge >= 0.3 is 21.3 Å². The minimum atomic E-state index is -6.23. The summed E-state index contributed by atoms with van der Waals surface area (Å²) in [6.07, 6.45) is 3.25. The maximum atomic E-state index is 14.0. The van der Waals surface area contributed by atoms with Crippen molar-refractivity contribution in [3.8, 4) is 0 Å². The summed E-state index contributed by atoms with van der Waals surface area (Å²) < 4.78 is 122. The number of sulfonamides is 1. The molecule has 3 atom stereocenters. The number of hydrogen-bond acceptors (Lipinski definition) is 4. The second kappa shape index (κ2) is 6.57. The van der Waals surface area contributed by atoms with E-state index in [1.165, 1.54) is 0 Å². The van der Waals surface area contributed by atoms with Gasteiger partial charge in [0.25, 0.3) is 15.5 Å². The summed E-state index contributed by atoms with van der Waals surface area (Å²) in [5.74, 6) is -6.30. The van der Waals surface area contributed by atoms with E-state index >= 15 is 0 Å². The molecule has 0 aromatic heterocycles. The van der Waals surface area contributed by atoms with Crippen molar-refractivity contribution in [2.75, 3.05) is 13.1 Å². The standard InChI is InChI=1S/C12H18F5NO5S2/c13-10(24(19,20)21)11(14,15)12(16,17)25(22,23)18-6-5-8-3-1-2-4-9(8)7-18/h8-10H,1-7H2,(H,19,20,21). The molecule has 1 N–H and O–H groups in total. The van der Waals surface area contributed by atoms with Crippen LogP contribution >= 0.6 is 0 Å². The molecule has 0 spiro atoms. The van der Waals surface area contributed by atoms with Crippen LogP contribution in [0.3, 0.4) is 0 Å². The highest BCUT2D eigenvalue weighted by Gasteiger charge is 2.74. The van der Waals surface area contributed by atoms with Crippen molar-refractivity contribution in [1.82, 2.24) is 4.31 Å². The van der Waals surface area contributed by atoms with E-state index in [1.807, 2.05) is 0 Å². The van der Waals surface area contributed by atoms with Gasteiger partial charge in [-0.05, 0) is 24.7 Å². The fourth-order valence-electron chi connectivity index (χ4n) is 3.44. The van der Waals surface area contributed by atoms with Crippen LogP contribution in [0.2, 0.25) is 0 Å². The molecule has 6 nitrogen and oxygen atoms in total. The van der Waals surface area contributed by atoms with Crippen molar-refractivity contribution in [3.63, 3.8) is 0 Å². The molecule has 0 radical (unpaired) electrons. The second-order valence-electron chi connectivity index (χ2n) is 6.43. The Balaban J connectivity index is 2.30. The molecule has 0 aromatic rings. The van der Waals surface area contributed by atoms with Crippen LogP contribution in [0.25, 0.3) is 0 Å². The first-order chi connectivity index (χ1) is 11.2. The van der Waals surface area contributed by atoms with Gasteiger partial charge in [0, 0.05) is 13.1 Å². The molecule has 3 unspecified atom stereocenters. The molecule has 148 valence electrons. The van der Waals surface area contributed by atoms with Gasteiger partial charge in [-0.3, -0.25) is 4.55 Å². The lowest BCUT2D eigenvalue weighted by atomic mass is 9.76.